The maximum absolute atomic E-state index is 11.8. The van der Waals surface area contributed by atoms with Crippen molar-refractivity contribution in [1.82, 2.24) is 4.57 Å². The summed E-state index contributed by atoms with van der Waals surface area (Å²) in [5, 5.41) is 9.23. The van der Waals surface area contributed by atoms with Gasteiger partial charge in [0.15, 0.2) is 5.78 Å². The summed E-state index contributed by atoms with van der Waals surface area (Å²) in [7, 11) is 0. The van der Waals surface area contributed by atoms with Crippen LogP contribution in [-0.2, 0) is 13.0 Å². The molecule has 3 heteroatoms. The van der Waals surface area contributed by atoms with Gasteiger partial charge in [-0.05, 0) is 38.2 Å². The van der Waals surface area contributed by atoms with Crippen LogP contribution in [0.5, 0.6) is 0 Å². The number of aromatic nitrogens is 1. The van der Waals surface area contributed by atoms with Crippen molar-refractivity contribution in [1.29, 1.82) is 0 Å². The number of Topliss-reactive ketones (excluding diaryl/α,β-unsaturated/α-hetero) is 1. The summed E-state index contributed by atoms with van der Waals surface area (Å²) >= 11 is 0. The molecule has 0 saturated heterocycles. The van der Waals surface area contributed by atoms with E-state index in [0.29, 0.717) is 6.42 Å². The largest absolute Gasteiger partial charge is 0.393 e. The zero-order valence-electron chi connectivity index (χ0n) is 9.78. The molecule has 0 aromatic carbocycles. The third kappa shape index (κ3) is 2.53. The summed E-state index contributed by atoms with van der Waals surface area (Å²) in [6, 6.07) is 0. The Morgan fingerprint density at radius 3 is 2.88 bits per heavy atom. The van der Waals surface area contributed by atoms with Gasteiger partial charge in [0.05, 0.1) is 6.10 Å². The Hall–Kier alpha value is -1.09. The first-order chi connectivity index (χ1) is 7.66. The molecular formula is C13H19NO2. The second-order valence-electron chi connectivity index (χ2n) is 4.70. The lowest BCUT2D eigenvalue weighted by molar-refractivity contribution is 0.0982. The number of carbonyl (C=O) groups is 1. The van der Waals surface area contributed by atoms with Crippen molar-refractivity contribution >= 4 is 5.78 Å². The van der Waals surface area contributed by atoms with Crippen LogP contribution in [0.15, 0.2) is 12.4 Å². The summed E-state index contributed by atoms with van der Waals surface area (Å²) in [4.78, 5) is 11.8. The molecule has 0 bridgehead atoms. The van der Waals surface area contributed by atoms with Gasteiger partial charge in [-0.15, -0.1) is 0 Å². The Morgan fingerprint density at radius 1 is 1.38 bits per heavy atom. The molecular weight excluding hydrogens is 202 g/mol. The number of aryl methyl sites for hydroxylation is 2. The van der Waals surface area contributed by atoms with Crippen LogP contribution in [0.4, 0.5) is 0 Å². The topological polar surface area (TPSA) is 42.2 Å². The molecule has 3 nitrogen and oxygen atoms in total. The van der Waals surface area contributed by atoms with Crippen molar-refractivity contribution < 1.29 is 9.90 Å². The average molecular weight is 221 g/mol. The molecule has 0 fully saturated rings. The van der Waals surface area contributed by atoms with Gasteiger partial charge in [-0.2, -0.15) is 0 Å². The molecule has 1 unspecified atom stereocenters. The Balaban J connectivity index is 2.13. The molecule has 0 amide bonds. The van der Waals surface area contributed by atoms with Gasteiger partial charge in [0.1, 0.15) is 0 Å². The number of carbonyl (C=O) groups excluding carboxylic acids is 1. The zero-order valence-corrected chi connectivity index (χ0v) is 9.78. The Bertz CT molecular complexity index is 379. The molecule has 2 rings (SSSR count). The van der Waals surface area contributed by atoms with Crippen LogP contribution in [-0.4, -0.2) is 21.6 Å². The average Bonchev–Trinajstić information content (AvgIpc) is 2.57. The van der Waals surface area contributed by atoms with E-state index >= 15 is 0 Å². The fourth-order valence-corrected chi connectivity index (χ4v) is 2.21. The predicted molar refractivity (Wildman–Crippen MR) is 62.6 cm³/mol. The van der Waals surface area contributed by atoms with Crippen molar-refractivity contribution in [2.45, 2.75) is 51.7 Å². The Kier molecular flexibility index (Phi) is 3.44. The third-order valence-corrected chi connectivity index (χ3v) is 3.17. The van der Waals surface area contributed by atoms with Crippen LogP contribution >= 0.6 is 0 Å². The second kappa shape index (κ2) is 4.83. The number of aliphatic hydroxyl groups excluding tert-OH is 1. The molecule has 0 aliphatic heterocycles. The molecule has 0 radical (unpaired) electrons. The lowest BCUT2D eigenvalue weighted by Crippen LogP contribution is -2.05. The number of fused-ring (bicyclic) bond motifs is 1. The smallest absolute Gasteiger partial charge is 0.164 e. The van der Waals surface area contributed by atoms with Gasteiger partial charge < -0.3 is 9.67 Å². The van der Waals surface area contributed by atoms with Crippen molar-refractivity contribution in [3.63, 3.8) is 0 Å². The maximum atomic E-state index is 11.8. The predicted octanol–water partition coefficient (Wildman–Crippen LogP) is 2.17. The lowest BCUT2D eigenvalue weighted by Gasteiger charge is -2.04. The van der Waals surface area contributed by atoms with Gasteiger partial charge in [-0.25, -0.2) is 0 Å². The fourth-order valence-electron chi connectivity index (χ4n) is 2.21. The molecule has 1 aliphatic carbocycles. The highest BCUT2D eigenvalue weighted by Crippen LogP contribution is 2.21. The van der Waals surface area contributed by atoms with E-state index in [4.69, 9.17) is 0 Å². The van der Waals surface area contributed by atoms with E-state index in [1.54, 1.807) is 6.92 Å². The highest BCUT2D eigenvalue weighted by atomic mass is 16.3. The van der Waals surface area contributed by atoms with Crippen molar-refractivity contribution in [2.75, 3.05) is 0 Å². The Labute approximate surface area is 96.1 Å². The van der Waals surface area contributed by atoms with Crippen LogP contribution in [0.1, 0.15) is 48.5 Å². The summed E-state index contributed by atoms with van der Waals surface area (Å²) < 4.78 is 2.04. The van der Waals surface area contributed by atoms with Gasteiger partial charge in [0, 0.05) is 30.9 Å². The van der Waals surface area contributed by atoms with E-state index in [2.05, 4.69) is 6.20 Å². The molecule has 0 spiro atoms. The van der Waals surface area contributed by atoms with Gasteiger partial charge >= 0.3 is 0 Å². The molecule has 1 aliphatic rings. The van der Waals surface area contributed by atoms with Crippen LogP contribution in [0, 0.1) is 0 Å². The van der Waals surface area contributed by atoms with E-state index in [9.17, 15) is 9.90 Å². The number of rotatable bonds is 3. The highest BCUT2D eigenvalue weighted by Gasteiger charge is 2.17. The number of aliphatic hydroxyl groups is 1. The van der Waals surface area contributed by atoms with Crippen molar-refractivity contribution in [3.05, 3.63) is 23.5 Å². The van der Waals surface area contributed by atoms with Gasteiger partial charge in [-0.3, -0.25) is 4.79 Å². The number of hydrogen-bond donors (Lipinski definition) is 1. The van der Waals surface area contributed by atoms with Crippen LogP contribution in [0.25, 0.3) is 0 Å². The van der Waals surface area contributed by atoms with Crippen LogP contribution in [0.3, 0.4) is 0 Å². The van der Waals surface area contributed by atoms with E-state index in [1.165, 1.54) is 5.56 Å². The van der Waals surface area contributed by atoms with Gasteiger partial charge in [-0.1, -0.05) is 0 Å². The molecule has 88 valence electrons. The molecule has 1 heterocycles. The van der Waals surface area contributed by atoms with E-state index in [0.717, 1.165) is 37.8 Å². The molecule has 16 heavy (non-hydrogen) atoms. The lowest BCUT2D eigenvalue weighted by atomic mass is 10.1. The first kappa shape index (κ1) is 11.4. The second-order valence-corrected chi connectivity index (χ2v) is 4.70. The SMILES string of the molecule is CC(O)CCn1cc2c(c1)C(=O)CCCC2. The van der Waals surface area contributed by atoms with Crippen molar-refractivity contribution in [2.24, 2.45) is 0 Å². The first-order valence-electron chi connectivity index (χ1n) is 6.07. The molecule has 1 aromatic heterocycles. The van der Waals surface area contributed by atoms with E-state index in [-0.39, 0.29) is 11.9 Å². The first-order valence-corrected chi connectivity index (χ1v) is 6.07. The molecule has 0 saturated carbocycles. The Morgan fingerprint density at radius 2 is 2.12 bits per heavy atom. The fraction of sp³-hybridized carbons (Fsp3) is 0.615. The molecule has 1 N–H and O–H groups in total. The number of nitrogens with zero attached hydrogens (tertiary/aromatic N) is 1. The van der Waals surface area contributed by atoms with E-state index < -0.39 is 0 Å². The zero-order chi connectivity index (χ0) is 11.5. The molecule has 1 atom stereocenters. The summed E-state index contributed by atoms with van der Waals surface area (Å²) in [5.74, 6) is 0.281. The van der Waals surface area contributed by atoms with Crippen molar-refractivity contribution in [3.8, 4) is 0 Å². The standard InChI is InChI=1S/C13H19NO2/c1-10(15)6-7-14-8-11-4-2-3-5-13(16)12(11)9-14/h8-10,15H,2-7H2,1H3. The van der Waals surface area contributed by atoms with Gasteiger partial charge in [0.2, 0.25) is 0 Å². The summed E-state index contributed by atoms with van der Waals surface area (Å²) in [6.45, 7) is 2.58. The van der Waals surface area contributed by atoms with E-state index in [1.807, 2.05) is 10.8 Å². The summed E-state index contributed by atoms with van der Waals surface area (Å²) in [5.41, 5.74) is 2.09. The minimum atomic E-state index is -0.280. The van der Waals surface area contributed by atoms with Crippen LogP contribution in [0.2, 0.25) is 0 Å². The minimum absolute atomic E-state index is 0.280. The molecule has 1 aromatic rings. The highest BCUT2D eigenvalue weighted by molar-refractivity contribution is 5.97. The third-order valence-electron chi connectivity index (χ3n) is 3.17. The monoisotopic (exact) mass is 221 g/mol. The quantitative estimate of drug-likeness (QED) is 0.795. The summed E-state index contributed by atoms with van der Waals surface area (Å²) in [6.07, 6.45) is 8.31. The maximum Gasteiger partial charge on any atom is 0.164 e. The number of ketones is 1. The number of hydrogen-bond acceptors (Lipinski definition) is 2. The normalized spacial score (nSPS) is 18.0. The van der Waals surface area contributed by atoms with Crippen LogP contribution < -0.4 is 0 Å². The van der Waals surface area contributed by atoms with Gasteiger partial charge in [0.25, 0.3) is 0 Å². The minimum Gasteiger partial charge on any atom is -0.393 e.